The number of rotatable bonds is 6. The van der Waals surface area contributed by atoms with Gasteiger partial charge in [0.2, 0.25) is 0 Å². The molecule has 1 aromatic rings. The summed E-state index contributed by atoms with van der Waals surface area (Å²) in [7, 11) is 2.33. The van der Waals surface area contributed by atoms with Gasteiger partial charge in [-0.2, -0.15) is 13.2 Å². The van der Waals surface area contributed by atoms with Crippen molar-refractivity contribution >= 4 is 23.3 Å². The number of anilines is 1. The molecule has 0 saturated carbocycles. The molecule has 0 fully saturated rings. The van der Waals surface area contributed by atoms with E-state index in [9.17, 15) is 27.6 Å². The van der Waals surface area contributed by atoms with E-state index in [1.807, 2.05) is 0 Å². The molecule has 0 spiro atoms. The summed E-state index contributed by atoms with van der Waals surface area (Å²) in [4.78, 5) is 34.0. The van der Waals surface area contributed by atoms with E-state index in [-0.39, 0.29) is 22.0 Å². The van der Waals surface area contributed by atoms with Crippen molar-refractivity contribution < 1.29 is 42.1 Å². The van der Waals surface area contributed by atoms with E-state index in [1.54, 1.807) is 0 Å². The first-order valence-electron chi connectivity index (χ1n) is 6.40. The molecule has 1 N–H and O–H groups in total. The molecule has 0 atom stereocenters. The van der Waals surface area contributed by atoms with E-state index in [4.69, 9.17) is 14.6 Å². The number of alkyl halides is 3. The van der Waals surface area contributed by atoms with Gasteiger partial charge in [-0.1, -0.05) is 0 Å². The van der Waals surface area contributed by atoms with Crippen molar-refractivity contribution in [3.05, 3.63) is 17.7 Å². The molecule has 24 heavy (non-hydrogen) atoms. The van der Waals surface area contributed by atoms with Crippen LogP contribution in [0, 0.1) is 0 Å². The van der Waals surface area contributed by atoms with Crippen LogP contribution < -0.4 is 14.4 Å². The van der Waals surface area contributed by atoms with Gasteiger partial charge in [-0.3, -0.25) is 19.3 Å². The highest BCUT2D eigenvalue weighted by atomic mass is 19.4. The molecule has 0 heterocycles. The van der Waals surface area contributed by atoms with Gasteiger partial charge >= 0.3 is 18.1 Å². The van der Waals surface area contributed by atoms with Crippen molar-refractivity contribution in [3.8, 4) is 11.5 Å². The molecule has 0 aliphatic carbocycles. The number of carboxylic acid groups (broad SMARTS) is 1. The maximum atomic E-state index is 12.7. The van der Waals surface area contributed by atoms with Crippen LogP contribution in [0.4, 0.5) is 18.9 Å². The van der Waals surface area contributed by atoms with E-state index >= 15 is 0 Å². The Morgan fingerprint density at radius 1 is 1.12 bits per heavy atom. The predicted octanol–water partition coefficient (Wildman–Crippen LogP) is 1.89. The predicted molar refractivity (Wildman–Crippen MR) is 75.6 cm³/mol. The molecule has 1 aromatic carbocycles. The fourth-order valence-corrected chi connectivity index (χ4v) is 1.97. The first-order chi connectivity index (χ1) is 11.0. The molecule has 0 aliphatic heterocycles. The molecule has 7 nitrogen and oxygen atoms in total. The Labute approximate surface area is 134 Å². The van der Waals surface area contributed by atoms with Gasteiger partial charge in [0.1, 0.15) is 23.6 Å². The van der Waals surface area contributed by atoms with Crippen LogP contribution in [-0.4, -0.2) is 49.7 Å². The third kappa shape index (κ3) is 4.15. The lowest BCUT2D eigenvalue weighted by atomic mass is 10.1. The van der Waals surface area contributed by atoms with Gasteiger partial charge in [0.05, 0.1) is 19.9 Å². The van der Waals surface area contributed by atoms with Crippen molar-refractivity contribution in [2.24, 2.45) is 0 Å². The number of aliphatic carboxylic acids is 1. The Bertz CT molecular complexity index is 646. The van der Waals surface area contributed by atoms with E-state index in [0.717, 1.165) is 26.4 Å². The summed E-state index contributed by atoms with van der Waals surface area (Å²) in [6.07, 6.45) is -5.28. The minimum atomic E-state index is -5.28. The van der Waals surface area contributed by atoms with Gasteiger partial charge in [0.25, 0.3) is 0 Å². The third-order valence-electron chi connectivity index (χ3n) is 2.94. The molecule has 0 aromatic heterocycles. The summed E-state index contributed by atoms with van der Waals surface area (Å²) in [6, 6.07) is 1.93. The Hall–Kier alpha value is -2.78. The fraction of sp³-hybridized carbons (Fsp3) is 0.357. The topological polar surface area (TPSA) is 93.1 Å². The standard InChI is InChI=1S/C14H14F3NO6/c1-7(19)12-9(23-2)4-8(5-10(12)24-3)18(6-11(20)21)13(22)14(15,16)17/h4-5H,6H2,1-3H3,(H,20,21). The summed E-state index contributed by atoms with van der Waals surface area (Å²) in [5, 5.41) is 8.78. The first-order valence-corrected chi connectivity index (χ1v) is 6.40. The SMILES string of the molecule is COc1cc(N(CC(=O)O)C(=O)C(F)(F)F)cc(OC)c1C(C)=O. The zero-order valence-electron chi connectivity index (χ0n) is 12.9. The van der Waals surface area contributed by atoms with Crippen molar-refractivity contribution in [1.82, 2.24) is 0 Å². The number of hydrogen-bond acceptors (Lipinski definition) is 5. The number of carbonyl (C=O) groups is 3. The Morgan fingerprint density at radius 3 is 1.88 bits per heavy atom. The number of carboxylic acids is 1. The van der Waals surface area contributed by atoms with Crippen LogP contribution in [0.3, 0.4) is 0 Å². The molecule has 0 saturated heterocycles. The van der Waals surface area contributed by atoms with Crippen LogP contribution in [0.25, 0.3) is 0 Å². The Kier molecular flexibility index (Phi) is 5.78. The number of ketones is 1. The molecule has 132 valence electrons. The number of nitrogens with zero attached hydrogens (tertiary/aromatic N) is 1. The van der Waals surface area contributed by atoms with E-state index < -0.39 is 36.1 Å². The third-order valence-corrected chi connectivity index (χ3v) is 2.94. The summed E-state index contributed by atoms with van der Waals surface area (Å²) in [6.45, 7) is -0.0417. The van der Waals surface area contributed by atoms with Gasteiger partial charge in [-0.05, 0) is 6.92 Å². The van der Waals surface area contributed by atoms with E-state index in [1.165, 1.54) is 6.92 Å². The van der Waals surface area contributed by atoms with Crippen LogP contribution >= 0.6 is 0 Å². The summed E-state index contributed by atoms with van der Waals surface area (Å²) in [5.74, 6) is -4.81. The van der Waals surface area contributed by atoms with E-state index in [2.05, 4.69) is 0 Å². The summed E-state index contributed by atoms with van der Waals surface area (Å²) < 4.78 is 48.0. The molecular formula is C14H14F3NO6. The zero-order valence-corrected chi connectivity index (χ0v) is 12.9. The maximum absolute atomic E-state index is 12.7. The number of methoxy groups -OCH3 is 2. The highest BCUT2D eigenvalue weighted by Gasteiger charge is 2.44. The van der Waals surface area contributed by atoms with Gasteiger partial charge in [-0.25, -0.2) is 0 Å². The highest BCUT2D eigenvalue weighted by molar-refractivity contribution is 6.04. The zero-order chi connectivity index (χ0) is 18.7. The number of ether oxygens (including phenoxy) is 2. The number of halogens is 3. The van der Waals surface area contributed by atoms with Crippen molar-refractivity contribution in [2.75, 3.05) is 25.7 Å². The van der Waals surface area contributed by atoms with Crippen LogP contribution in [0.1, 0.15) is 17.3 Å². The van der Waals surface area contributed by atoms with Crippen molar-refractivity contribution in [1.29, 1.82) is 0 Å². The molecule has 0 unspecified atom stereocenters. The molecule has 10 heteroatoms. The van der Waals surface area contributed by atoms with Gasteiger partial charge in [-0.15, -0.1) is 0 Å². The smallest absolute Gasteiger partial charge is 0.471 e. The Balaban J connectivity index is 3.56. The monoisotopic (exact) mass is 349 g/mol. The second-order valence-corrected chi connectivity index (χ2v) is 4.56. The molecule has 1 amide bonds. The van der Waals surface area contributed by atoms with Crippen molar-refractivity contribution in [2.45, 2.75) is 13.1 Å². The number of carbonyl (C=O) groups excluding carboxylic acids is 2. The lowest BCUT2D eigenvalue weighted by Gasteiger charge is -2.24. The number of benzene rings is 1. The average molecular weight is 349 g/mol. The fourth-order valence-electron chi connectivity index (χ4n) is 1.97. The van der Waals surface area contributed by atoms with Crippen LogP contribution in [0.2, 0.25) is 0 Å². The number of Topliss-reactive ketones (excluding diaryl/α,β-unsaturated/α-hetero) is 1. The highest BCUT2D eigenvalue weighted by Crippen LogP contribution is 2.36. The summed E-state index contributed by atoms with van der Waals surface area (Å²) >= 11 is 0. The first kappa shape index (κ1) is 19.3. The van der Waals surface area contributed by atoms with Gasteiger partial charge in [0.15, 0.2) is 5.78 Å². The van der Waals surface area contributed by atoms with Crippen molar-refractivity contribution in [3.63, 3.8) is 0 Å². The minimum Gasteiger partial charge on any atom is -0.496 e. The van der Waals surface area contributed by atoms with Gasteiger partial charge in [0, 0.05) is 12.1 Å². The van der Waals surface area contributed by atoms with Gasteiger partial charge < -0.3 is 14.6 Å². The number of hydrogen-bond donors (Lipinski definition) is 1. The average Bonchev–Trinajstić information content (AvgIpc) is 2.49. The molecule has 0 bridgehead atoms. The largest absolute Gasteiger partial charge is 0.496 e. The normalized spacial score (nSPS) is 10.9. The number of amides is 1. The van der Waals surface area contributed by atoms with Crippen LogP contribution in [-0.2, 0) is 9.59 Å². The minimum absolute atomic E-state index is 0.0112. The molecule has 1 rings (SSSR count). The molecular weight excluding hydrogens is 335 g/mol. The summed E-state index contributed by atoms with van der Waals surface area (Å²) in [5.41, 5.74) is -0.475. The lowest BCUT2D eigenvalue weighted by molar-refractivity contribution is -0.170. The molecule has 0 radical (unpaired) electrons. The van der Waals surface area contributed by atoms with Crippen LogP contribution in [0.5, 0.6) is 11.5 Å². The van der Waals surface area contributed by atoms with E-state index in [0.29, 0.717) is 0 Å². The molecule has 0 aliphatic rings. The maximum Gasteiger partial charge on any atom is 0.471 e. The quantitative estimate of drug-likeness (QED) is 0.789. The second-order valence-electron chi connectivity index (χ2n) is 4.56. The lowest BCUT2D eigenvalue weighted by Crippen LogP contribution is -2.44. The Morgan fingerprint density at radius 2 is 1.58 bits per heavy atom. The second kappa shape index (κ2) is 7.20. The van der Waals surface area contributed by atoms with Crippen LogP contribution in [0.15, 0.2) is 12.1 Å².